The lowest BCUT2D eigenvalue weighted by Gasteiger charge is -2.39. The molecule has 4 nitrogen and oxygen atoms in total. The smallest absolute Gasteiger partial charge is 0.313 e. The summed E-state index contributed by atoms with van der Waals surface area (Å²) in [6.45, 7) is 6.42. The molecule has 1 N–H and O–H groups in total. The van der Waals surface area contributed by atoms with Gasteiger partial charge in [0.25, 0.3) is 0 Å². The summed E-state index contributed by atoms with van der Waals surface area (Å²) in [7, 11) is 0. The molecular weight excluding hydrogens is 304 g/mol. The average molecular weight is 332 g/mol. The van der Waals surface area contributed by atoms with Crippen molar-refractivity contribution in [2.45, 2.75) is 52.6 Å². The minimum Gasteiger partial charge on any atom is -0.465 e. The molecule has 0 aromatic rings. The lowest BCUT2D eigenvalue weighted by atomic mass is 9.70. The highest BCUT2D eigenvalue weighted by molar-refractivity contribution is 5.88. The minimum atomic E-state index is -0.651. The van der Waals surface area contributed by atoms with Crippen molar-refractivity contribution >= 4 is 12.3 Å². The highest BCUT2D eigenvalue weighted by Gasteiger charge is 2.45. The van der Waals surface area contributed by atoms with Gasteiger partial charge in [-0.1, -0.05) is 29.4 Å². The highest BCUT2D eigenvalue weighted by Crippen LogP contribution is 2.39. The van der Waals surface area contributed by atoms with Gasteiger partial charge in [-0.05, 0) is 52.4 Å². The number of fused-ring (bicyclic) bond motifs is 1. The van der Waals surface area contributed by atoms with Crippen LogP contribution in [0.5, 0.6) is 0 Å². The Morgan fingerprint density at radius 3 is 2.79 bits per heavy atom. The van der Waals surface area contributed by atoms with E-state index in [4.69, 9.17) is 4.74 Å². The second-order valence-corrected chi connectivity index (χ2v) is 7.18. The first-order valence-electron chi connectivity index (χ1n) is 8.73. The molecule has 2 aliphatic rings. The molecule has 4 atom stereocenters. The summed E-state index contributed by atoms with van der Waals surface area (Å²) in [6, 6.07) is 0. The van der Waals surface area contributed by atoms with Crippen LogP contribution in [0.3, 0.4) is 0 Å². The van der Waals surface area contributed by atoms with Gasteiger partial charge in [0.05, 0.1) is 18.6 Å². The van der Waals surface area contributed by atoms with Crippen molar-refractivity contribution in [1.29, 1.82) is 0 Å². The molecule has 0 bridgehead atoms. The van der Waals surface area contributed by atoms with Crippen molar-refractivity contribution in [1.82, 2.24) is 0 Å². The molecule has 24 heavy (non-hydrogen) atoms. The fourth-order valence-corrected chi connectivity index (χ4v) is 3.77. The number of rotatable bonds is 4. The van der Waals surface area contributed by atoms with Gasteiger partial charge in [0.1, 0.15) is 6.29 Å². The summed E-state index contributed by atoms with van der Waals surface area (Å²) in [4.78, 5) is 23.9. The molecule has 0 aromatic heterocycles. The van der Waals surface area contributed by atoms with Gasteiger partial charge < -0.3 is 9.84 Å². The molecule has 1 aliphatic heterocycles. The second kappa shape index (κ2) is 8.43. The lowest BCUT2D eigenvalue weighted by molar-refractivity contribution is -0.164. The van der Waals surface area contributed by atoms with Crippen LogP contribution in [0.15, 0.2) is 34.9 Å². The van der Waals surface area contributed by atoms with E-state index in [0.717, 1.165) is 24.7 Å². The standard InChI is InChI=1S/C20H28O4/c1-13(2)6-4-9-16-12-24-20(23)19-15(11-21)8-5-7-14(3)10-17(22)18(16)19/h6-8,11,16-19,22H,4-5,9-10,12H2,1-3H3/b14-7-,15-8-/t16-,17-,18+,19-/m1/s1. The van der Waals surface area contributed by atoms with E-state index in [9.17, 15) is 14.7 Å². The van der Waals surface area contributed by atoms with Crippen LogP contribution in [-0.4, -0.2) is 30.1 Å². The van der Waals surface area contributed by atoms with Crippen LogP contribution in [0, 0.1) is 17.8 Å². The highest BCUT2D eigenvalue weighted by atomic mass is 16.5. The van der Waals surface area contributed by atoms with Gasteiger partial charge in [0, 0.05) is 11.5 Å². The normalized spacial score (nSPS) is 34.9. The number of carbonyl (C=O) groups is 2. The van der Waals surface area contributed by atoms with Gasteiger partial charge in [-0.3, -0.25) is 9.59 Å². The second-order valence-electron chi connectivity index (χ2n) is 7.18. The first-order chi connectivity index (χ1) is 11.4. The number of esters is 1. The van der Waals surface area contributed by atoms with Crippen LogP contribution in [0.1, 0.15) is 46.5 Å². The maximum absolute atomic E-state index is 12.4. The van der Waals surface area contributed by atoms with Crippen LogP contribution in [0.4, 0.5) is 0 Å². The molecule has 0 saturated carbocycles. The fraction of sp³-hybridized carbons (Fsp3) is 0.600. The monoisotopic (exact) mass is 332 g/mol. The molecule has 0 aromatic carbocycles. The van der Waals surface area contributed by atoms with Gasteiger partial charge in [0.2, 0.25) is 0 Å². The molecule has 2 rings (SSSR count). The van der Waals surface area contributed by atoms with Crippen molar-refractivity contribution in [3.63, 3.8) is 0 Å². The van der Waals surface area contributed by atoms with E-state index >= 15 is 0 Å². The van der Waals surface area contributed by atoms with Gasteiger partial charge in [-0.25, -0.2) is 0 Å². The maximum atomic E-state index is 12.4. The maximum Gasteiger partial charge on any atom is 0.313 e. The largest absolute Gasteiger partial charge is 0.465 e. The molecule has 1 saturated heterocycles. The number of ether oxygens (including phenoxy) is 1. The van der Waals surface area contributed by atoms with Crippen LogP contribution in [-0.2, 0) is 14.3 Å². The first kappa shape index (κ1) is 18.7. The Morgan fingerprint density at radius 1 is 1.38 bits per heavy atom. The molecule has 1 fully saturated rings. The molecule has 0 amide bonds. The van der Waals surface area contributed by atoms with Crippen molar-refractivity contribution < 1.29 is 19.4 Å². The summed E-state index contributed by atoms with van der Waals surface area (Å²) in [5, 5.41) is 10.8. The Morgan fingerprint density at radius 2 is 2.12 bits per heavy atom. The molecule has 132 valence electrons. The van der Waals surface area contributed by atoms with Crippen LogP contribution in [0.2, 0.25) is 0 Å². The van der Waals surface area contributed by atoms with Gasteiger partial charge in [0.15, 0.2) is 0 Å². The predicted molar refractivity (Wildman–Crippen MR) is 93.2 cm³/mol. The summed E-state index contributed by atoms with van der Waals surface area (Å²) in [5.41, 5.74) is 2.79. The third-order valence-corrected chi connectivity index (χ3v) is 5.00. The Bertz CT molecular complexity index is 566. The number of carbonyl (C=O) groups excluding carboxylic acids is 2. The van der Waals surface area contributed by atoms with E-state index in [1.165, 1.54) is 5.57 Å². The number of cyclic esters (lactones) is 1. The molecule has 4 heteroatoms. The van der Waals surface area contributed by atoms with E-state index < -0.39 is 12.0 Å². The Kier molecular flexibility index (Phi) is 6.55. The Hall–Kier alpha value is -1.68. The Balaban J connectivity index is 2.33. The zero-order chi connectivity index (χ0) is 17.7. The third-order valence-electron chi connectivity index (χ3n) is 5.00. The van der Waals surface area contributed by atoms with E-state index in [1.54, 1.807) is 6.08 Å². The van der Waals surface area contributed by atoms with Crippen molar-refractivity contribution in [2.24, 2.45) is 17.8 Å². The molecular formula is C20H28O4. The van der Waals surface area contributed by atoms with Crippen LogP contribution < -0.4 is 0 Å². The third kappa shape index (κ3) is 4.44. The van der Waals surface area contributed by atoms with Gasteiger partial charge in [-0.15, -0.1) is 0 Å². The zero-order valence-corrected chi connectivity index (χ0v) is 14.8. The molecule has 1 heterocycles. The van der Waals surface area contributed by atoms with E-state index in [1.807, 2.05) is 13.0 Å². The number of aldehydes is 1. The van der Waals surface area contributed by atoms with Gasteiger partial charge >= 0.3 is 5.97 Å². The number of hydrogen-bond acceptors (Lipinski definition) is 4. The van der Waals surface area contributed by atoms with Crippen molar-refractivity contribution in [3.8, 4) is 0 Å². The summed E-state index contributed by atoms with van der Waals surface area (Å²) in [5.74, 6) is -1.24. The summed E-state index contributed by atoms with van der Waals surface area (Å²) < 4.78 is 5.37. The Labute approximate surface area is 144 Å². The van der Waals surface area contributed by atoms with E-state index in [-0.39, 0.29) is 17.8 Å². The van der Waals surface area contributed by atoms with Crippen molar-refractivity contribution in [3.05, 3.63) is 34.9 Å². The van der Waals surface area contributed by atoms with E-state index in [2.05, 4.69) is 19.9 Å². The van der Waals surface area contributed by atoms with Crippen LogP contribution >= 0.6 is 0 Å². The zero-order valence-electron chi connectivity index (χ0n) is 14.8. The molecule has 1 aliphatic carbocycles. The lowest BCUT2D eigenvalue weighted by Crippen LogP contribution is -2.46. The molecule has 0 radical (unpaired) electrons. The minimum absolute atomic E-state index is 0.0625. The number of hydrogen-bond donors (Lipinski definition) is 1. The topological polar surface area (TPSA) is 63.6 Å². The molecule has 0 spiro atoms. The van der Waals surface area contributed by atoms with Gasteiger partial charge in [-0.2, -0.15) is 0 Å². The van der Waals surface area contributed by atoms with Crippen LogP contribution in [0.25, 0.3) is 0 Å². The predicted octanol–water partition coefficient (Wildman–Crippen LogP) is 3.36. The SMILES string of the molecule is CC(C)=CCC[C@@H]1COC(=O)[C@@H]2/C(C=O)=C\C/C=C(/C)C[C@@H](O)[C@H]12. The quantitative estimate of drug-likeness (QED) is 0.487. The number of aliphatic hydroxyl groups excluding tert-OH is 1. The summed E-state index contributed by atoms with van der Waals surface area (Å²) in [6.07, 6.45) is 8.93. The van der Waals surface area contributed by atoms with E-state index in [0.29, 0.717) is 25.0 Å². The first-order valence-corrected chi connectivity index (χ1v) is 8.73. The average Bonchev–Trinajstić information content (AvgIpc) is 2.58. The number of allylic oxidation sites excluding steroid dienone is 4. The fourth-order valence-electron chi connectivity index (χ4n) is 3.77. The van der Waals surface area contributed by atoms with Crippen molar-refractivity contribution in [2.75, 3.05) is 6.61 Å². The summed E-state index contributed by atoms with van der Waals surface area (Å²) >= 11 is 0. The number of aliphatic hydroxyl groups is 1. The molecule has 0 unspecified atom stereocenters.